The maximum absolute atomic E-state index is 12.8. The first-order valence-electron chi connectivity index (χ1n) is 9.65. The number of nitrogens with one attached hydrogen (secondary N) is 1. The van der Waals surface area contributed by atoms with Crippen LogP contribution in [0.15, 0.2) is 24.3 Å². The molecule has 1 aromatic carbocycles. The molecule has 2 rings (SSSR count). The molecule has 0 heterocycles. The van der Waals surface area contributed by atoms with Crippen molar-refractivity contribution in [3.63, 3.8) is 0 Å². The lowest BCUT2D eigenvalue weighted by atomic mass is 9.93. The highest BCUT2D eigenvalue weighted by atomic mass is 16.5. The molecule has 25 heavy (non-hydrogen) atoms. The van der Waals surface area contributed by atoms with Crippen LogP contribution in [0.2, 0.25) is 0 Å². The Morgan fingerprint density at radius 2 is 1.88 bits per heavy atom. The van der Waals surface area contributed by atoms with Crippen LogP contribution < -0.4 is 10.1 Å². The van der Waals surface area contributed by atoms with Gasteiger partial charge in [-0.2, -0.15) is 0 Å². The predicted molar refractivity (Wildman–Crippen MR) is 102 cm³/mol. The van der Waals surface area contributed by atoms with E-state index >= 15 is 0 Å². The van der Waals surface area contributed by atoms with Crippen LogP contribution in [-0.4, -0.2) is 24.2 Å². The topological polar surface area (TPSA) is 47.6 Å². The second-order valence-electron chi connectivity index (χ2n) is 7.68. The molecule has 4 nitrogen and oxygen atoms in total. The van der Waals surface area contributed by atoms with E-state index in [1.165, 1.54) is 12.8 Å². The number of rotatable bonds is 9. The van der Waals surface area contributed by atoms with E-state index in [4.69, 9.17) is 9.47 Å². The van der Waals surface area contributed by atoms with Crippen LogP contribution in [0.4, 0.5) is 5.69 Å². The van der Waals surface area contributed by atoms with E-state index in [0.29, 0.717) is 25.0 Å². The van der Waals surface area contributed by atoms with Gasteiger partial charge in [0.25, 0.3) is 5.91 Å². The van der Waals surface area contributed by atoms with Crippen LogP contribution in [0.1, 0.15) is 66.2 Å². The van der Waals surface area contributed by atoms with Gasteiger partial charge in [-0.15, -0.1) is 0 Å². The van der Waals surface area contributed by atoms with Gasteiger partial charge in [-0.3, -0.25) is 4.79 Å². The molecule has 1 atom stereocenters. The van der Waals surface area contributed by atoms with Crippen molar-refractivity contribution in [1.29, 1.82) is 0 Å². The van der Waals surface area contributed by atoms with E-state index in [2.05, 4.69) is 26.1 Å². The fraction of sp³-hybridized carbons (Fsp3) is 0.667. The van der Waals surface area contributed by atoms with Gasteiger partial charge in [-0.05, 0) is 75.6 Å². The van der Waals surface area contributed by atoms with E-state index in [-0.39, 0.29) is 5.91 Å². The van der Waals surface area contributed by atoms with Gasteiger partial charge in [0.1, 0.15) is 11.4 Å². The highest BCUT2D eigenvalue weighted by Crippen LogP contribution is 2.27. The Morgan fingerprint density at radius 3 is 2.44 bits per heavy atom. The van der Waals surface area contributed by atoms with Crippen molar-refractivity contribution in [1.82, 2.24) is 0 Å². The quantitative estimate of drug-likeness (QED) is 0.670. The zero-order valence-electron chi connectivity index (χ0n) is 16.1. The Kier molecular flexibility index (Phi) is 7.30. The molecule has 0 bridgehead atoms. The SMILES string of the molecule is CCCO[C@@](C)(CC(C)C)C(=O)Nc1ccc(OC2CCCC2)cc1. The first-order valence-corrected chi connectivity index (χ1v) is 9.65. The van der Waals surface area contributed by atoms with Crippen LogP contribution in [0.25, 0.3) is 0 Å². The minimum absolute atomic E-state index is 0.0842. The number of carbonyl (C=O) groups excluding carboxylic acids is 1. The van der Waals surface area contributed by atoms with Crippen molar-refractivity contribution in [2.24, 2.45) is 5.92 Å². The lowest BCUT2D eigenvalue weighted by molar-refractivity contribution is -0.141. The number of amides is 1. The summed E-state index contributed by atoms with van der Waals surface area (Å²) >= 11 is 0. The highest BCUT2D eigenvalue weighted by Gasteiger charge is 2.34. The van der Waals surface area contributed by atoms with Crippen LogP contribution in [0.3, 0.4) is 0 Å². The van der Waals surface area contributed by atoms with Gasteiger partial charge < -0.3 is 14.8 Å². The molecule has 0 spiro atoms. The summed E-state index contributed by atoms with van der Waals surface area (Å²) in [4.78, 5) is 12.8. The van der Waals surface area contributed by atoms with Gasteiger partial charge in [0.05, 0.1) is 6.10 Å². The molecule has 0 unspecified atom stereocenters. The summed E-state index contributed by atoms with van der Waals surface area (Å²) in [6, 6.07) is 7.66. The van der Waals surface area contributed by atoms with Gasteiger partial charge >= 0.3 is 0 Å². The Balaban J connectivity index is 1.96. The maximum atomic E-state index is 12.8. The molecule has 1 amide bonds. The standard InChI is InChI=1S/C21H33NO3/c1-5-14-24-21(4,15-16(2)3)20(23)22-17-10-12-19(13-11-17)25-18-8-6-7-9-18/h10-13,16,18H,5-9,14-15H2,1-4H3,(H,22,23)/t21-/m0/s1. The van der Waals surface area contributed by atoms with Gasteiger partial charge in [0.15, 0.2) is 0 Å². The molecule has 1 aliphatic carbocycles. The zero-order chi connectivity index (χ0) is 18.3. The number of benzene rings is 1. The van der Waals surface area contributed by atoms with Gasteiger partial charge in [-0.1, -0.05) is 20.8 Å². The molecule has 4 heteroatoms. The lowest BCUT2D eigenvalue weighted by Crippen LogP contribution is -2.44. The van der Waals surface area contributed by atoms with Crippen molar-refractivity contribution in [3.8, 4) is 5.75 Å². The summed E-state index contributed by atoms with van der Waals surface area (Å²) in [7, 11) is 0. The minimum Gasteiger partial charge on any atom is -0.490 e. The molecule has 1 aromatic rings. The molecular weight excluding hydrogens is 314 g/mol. The summed E-state index contributed by atoms with van der Waals surface area (Å²) in [5.74, 6) is 1.17. The van der Waals surface area contributed by atoms with E-state index in [9.17, 15) is 4.79 Å². The summed E-state index contributed by atoms with van der Waals surface area (Å²) in [5, 5.41) is 3.00. The summed E-state index contributed by atoms with van der Waals surface area (Å²) in [6.07, 6.45) is 6.73. The smallest absolute Gasteiger partial charge is 0.256 e. The zero-order valence-corrected chi connectivity index (χ0v) is 16.1. The predicted octanol–water partition coefficient (Wildman–Crippen LogP) is 5.18. The molecule has 0 radical (unpaired) electrons. The first kappa shape index (κ1) is 19.8. The number of hydrogen-bond acceptors (Lipinski definition) is 3. The molecule has 1 N–H and O–H groups in total. The Labute approximate surface area is 152 Å². The van der Waals surface area contributed by atoms with Crippen molar-refractivity contribution in [2.75, 3.05) is 11.9 Å². The van der Waals surface area contributed by atoms with Gasteiger partial charge in [-0.25, -0.2) is 0 Å². The third kappa shape index (κ3) is 6.03. The minimum atomic E-state index is -0.802. The second kappa shape index (κ2) is 9.23. The maximum Gasteiger partial charge on any atom is 0.256 e. The number of hydrogen-bond donors (Lipinski definition) is 1. The average Bonchev–Trinajstić information content (AvgIpc) is 3.07. The molecule has 140 valence electrons. The van der Waals surface area contributed by atoms with Gasteiger partial charge in [0.2, 0.25) is 0 Å². The number of carbonyl (C=O) groups is 1. The summed E-state index contributed by atoms with van der Waals surface area (Å²) < 4.78 is 11.9. The fourth-order valence-electron chi connectivity index (χ4n) is 3.40. The van der Waals surface area contributed by atoms with Crippen LogP contribution >= 0.6 is 0 Å². The Hall–Kier alpha value is -1.55. The fourth-order valence-corrected chi connectivity index (χ4v) is 3.40. The summed E-state index contributed by atoms with van der Waals surface area (Å²) in [5.41, 5.74) is -0.0257. The van der Waals surface area contributed by atoms with E-state index in [0.717, 1.165) is 30.7 Å². The summed E-state index contributed by atoms with van der Waals surface area (Å²) in [6.45, 7) is 8.74. The van der Waals surface area contributed by atoms with Crippen molar-refractivity contribution in [2.45, 2.75) is 77.9 Å². The van der Waals surface area contributed by atoms with Gasteiger partial charge in [0, 0.05) is 12.3 Å². The average molecular weight is 347 g/mol. The van der Waals surface area contributed by atoms with E-state index < -0.39 is 5.60 Å². The largest absolute Gasteiger partial charge is 0.490 e. The normalized spacial score (nSPS) is 17.5. The number of anilines is 1. The Bertz CT molecular complexity index is 535. The third-order valence-corrected chi connectivity index (χ3v) is 4.62. The van der Waals surface area contributed by atoms with Crippen molar-refractivity contribution >= 4 is 11.6 Å². The monoisotopic (exact) mass is 347 g/mol. The Morgan fingerprint density at radius 1 is 1.24 bits per heavy atom. The molecule has 1 saturated carbocycles. The number of ether oxygens (including phenoxy) is 2. The molecule has 0 aliphatic heterocycles. The molecule has 0 saturated heterocycles. The van der Waals surface area contributed by atoms with Crippen molar-refractivity contribution < 1.29 is 14.3 Å². The lowest BCUT2D eigenvalue weighted by Gasteiger charge is -2.30. The van der Waals surface area contributed by atoms with Crippen LogP contribution in [0, 0.1) is 5.92 Å². The van der Waals surface area contributed by atoms with E-state index in [1.807, 2.05) is 31.2 Å². The molecule has 1 aliphatic rings. The highest BCUT2D eigenvalue weighted by molar-refractivity contribution is 5.97. The van der Waals surface area contributed by atoms with Crippen LogP contribution in [-0.2, 0) is 9.53 Å². The second-order valence-corrected chi connectivity index (χ2v) is 7.68. The molecule has 0 aromatic heterocycles. The molecule has 1 fully saturated rings. The third-order valence-electron chi connectivity index (χ3n) is 4.62. The molecular formula is C21H33NO3. The van der Waals surface area contributed by atoms with E-state index in [1.54, 1.807) is 0 Å². The van der Waals surface area contributed by atoms with Crippen molar-refractivity contribution in [3.05, 3.63) is 24.3 Å². The van der Waals surface area contributed by atoms with Crippen LogP contribution in [0.5, 0.6) is 5.75 Å². The first-order chi connectivity index (χ1) is 11.9.